The van der Waals surface area contributed by atoms with E-state index < -0.39 is 0 Å². The summed E-state index contributed by atoms with van der Waals surface area (Å²) in [5.74, 6) is 2.24. The second kappa shape index (κ2) is 3.78. The fourth-order valence-corrected chi connectivity index (χ4v) is 2.24. The van der Waals surface area contributed by atoms with E-state index >= 15 is 0 Å². The van der Waals surface area contributed by atoms with E-state index in [1.54, 1.807) is 0 Å². The van der Waals surface area contributed by atoms with Gasteiger partial charge >= 0.3 is 0 Å². The Balaban J connectivity index is 2.63. The molecule has 0 radical (unpaired) electrons. The maximum absolute atomic E-state index is 5.93. The van der Waals surface area contributed by atoms with Crippen molar-refractivity contribution in [2.75, 3.05) is 0 Å². The minimum atomic E-state index is 0.446. The van der Waals surface area contributed by atoms with Crippen LogP contribution < -0.4 is 0 Å². The zero-order chi connectivity index (χ0) is 9.30. The van der Waals surface area contributed by atoms with Crippen LogP contribution in [-0.2, 0) is 4.74 Å². The minimum Gasteiger partial charge on any atom is -0.375 e. The smallest absolute Gasteiger partial charge is 0.0604 e. The molecule has 1 fully saturated rings. The summed E-state index contributed by atoms with van der Waals surface area (Å²) in [6.07, 6.45) is 2.09. The fourth-order valence-electron chi connectivity index (χ4n) is 2.24. The third-order valence-electron chi connectivity index (χ3n) is 3.78. The zero-order valence-electron chi connectivity index (χ0n) is 9.00. The lowest BCUT2D eigenvalue weighted by Crippen LogP contribution is -2.42. The van der Waals surface area contributed by atoms with Crippen molar-refractivity contribution in [1.29, 1.82) is 0 Å². The van der Waals surface area contributed by atoms with Crippen LogP contribution in [0.15, 0.2) is 0 Å². The molecule has 1 heterocycles. The standard InChI is InChI=1S/C11H22O/c1-6-11-9(4)7(2)8(3)10(5)12-11/h7-11H,6H2,1-5H3/t7-,8?,9+,10+,11?/m1/s1. The monoisotopic (exact) mass is 170 g/mol. The summed E-state index contributed by atoms with van der Waals surface area (Å²) in [6, 6.07) is 0. The van der Waals surface area contributed by atoms with E-state index in [0.717, 1.165) is 18.3 Å². The highest BCUT2D eigenvalue weighted by Gasteiger charge is 2.35. The Morgan fingerprint density at radius 2 is 1.50 bits per heavy atom. The van der Waals surface area contributed by atoms with Gasteiger partial charge in [0.25, 0.3) is 0 Å². The van der Waals surface area contributed by atoms with Gasteiger partial charge in [-0.1, -0.05) is 27.7 Å². The summed E-state index contributed by atoms with van der Waals surface area (Å²) < 4.78 is 5.93. The highest BCUT2D eigenvalue weighted by molar-refractivity contribution is 4.83. The van der Waals surface area contributed by atoms with Gasteiger partial charge < -0.3 is 4.74 Å². The van der Waals surface area contributed by atoms with Gasteiger partial charge in [0.2, 0.25) is 0 Å². The molecule has 1 aliphatic heterocycles. The molecule has 0 aliphatic carbocycles. The van der Waals surface area contributed by atoms with Gasteiger partial charge in [-0.3, -0.25) is 0 Å². The van der Waals surface area contributed by atoms with E-state index in [4.69, 9.17) is 4.74 Å². The minimum absolute atomic E-state index is 0.446. The number of rotatable bonds is 1. The lowest BCUT2D eigenvalue weighted by Gasteiger charge is -2.42. The Kier molecular flexibility index (Phi) is 3.16. The molecule has 0 aromatic heterocycles. The van der Waals surface area contributed by atoms with Gasteiger partial charge in [0.05, 0.1) is 12.2 Å². The largest absolute Gasteiger partial charge is 0.375 e. The molecule has 5 atom stereocenters. The first-order chi connectivity index (χ1) is 5.57. The molecule has 0 bridgehead atoms. The van der Waals surface area contributed by atoms with Crippen molar-refractivity contribution < 1.29 is 4.74 Å². The Labute approximate surface area is 76.5 Å². The van der Waals surface area contributed by atoms with Crippen molar-refractivity contribution in [1.82, 2.24) is 0 Å². The van der Waals surface area contributed by atoms with E-state index in [-0.39, 0.29) is 0 Å². The molecular formula is C11H22O. The summed E-state index contributed by atoms with van der Waals surface area (Å²) in [5.41, 5.74) is 0. The fraction of sp³-hybridized carbons (Fsp3) is 1.00. The first-order valence-electron chi connectivity index (χ1n) is 5.23. The molecule has 0 N–H and O–H groups in total. The van der Waals surface area contributed by atoms with Gasteiger partial charge in [0.15, 0.2) is 0 Å². The lowest BCUT2D eigenvalue weighted by atomic mass is 9.76. The molecule has 2 unspecified atom stereocenters. The second-order valence-electron chi connectivity index (χ2n) is 4.37. The molecule has 0 amide bonds. The first kappa shape index (κ1) is 10.0. The van der Waals surface area contributed by atoms with Gasteiger partial charge in [-0.05, 0) is 31.1 Å². The van der Waals surface area contributed by atoms with Gasteiger partial charge in [0, 0.05) is 0 Å². The molecule has 1 rings (SSSR count). The Morgan fingerprint density at radius 3 is 2.00 bits per heavy atom. The number of hydrogen-bond acceptors (Lipinski definition) is 1. The van der Waals surface area contributed by atoms with Crippen molar-refractivity contribution in [3.63, 3.8) is 0 Å². The van der Waals surface area contributed by atoms with Crippen LogP contribution in [0, 0.1) is 17.8 Å². The van der Waals surface area contributed by atoms with Gasteiger partial charge in [-0.2, -0.15) is 0 Å². The van der Waals surface area contributed by atoms with Crippen molar-refractivity contribution in [3.05, 3.63) is 0 Å². The van der Waals surface area contributed by atoms with Crippen LogP contribution in [0.1, 0.15) is 41.0 Å². The highest BCUT2D eigenvalue weighted by atomic mass is 16.5. The third kappa shape index (κ3) is 1.66. The van der Waals surface area contributed by atoms with E-state index in [9.17, 15) is 0 Å². The van der Waals surface area contributed by atoms with Crippen LogP contribution in [0.3, 0.4) is 0 Å². The van der Waals surface area contributed by atoms with Crippen molar-refractivity contribution in [2.45, 2.75) is 53.2 Å². The summed E-state index contributed by atoms with van der Waals surface area (Å²) in [6.45, 7) is 11.4. The average molecular weight is 170 g/mol. The van der Waals surface area contributed by atoms with E-state index in [0.29, 0.717) is 18.1 Å². The molecule has 1 saturated heterocycles. The van der Waals surface area contributed by atoms with Crippen molar-refractivity contribution in [3.8, 4) is 0 Å². The molecular weight excluding hydrogens is 148 g/mol. The topological polar surface area (TPSA) is 9.23 Å². The van der Waals surface area contributed by atoms with Crippen LogP contribution in [0.2, 0.25) is 0 Å². The normalized spacial score (nSPS) is 49.2. The summed E-state index contributed by atoms with van der Waals surface area (Å²) in [5, 5.41) is 0. The molecule has 72 valence electrons. The second-order valence-corrected chi connectivity index (χ2v) is 4.37. The lowest BCUT2D eigenvalue weighted by molar-refractivity contribution is -0.125. The van der Waals surface area contributed by atoms with Gasteiger partial charge in [-0.15, -0.1) is 0 Å². The number of ether oxygens (including phenoxy) is 1. The third-order valence-corrected chi connectivity index (χ3v) is 3.78. The van der Waals surface area contributed by atoms with E-state index in [1.807, 2.05) is 0 Å². The molecule has 1 nitrogen and oxygen atoms in total. The first-order valence-corrected chi connectivity index (χ1v) is 5.23. The average Bonchev–Trinajstić information content (AvgIpc) is 2.08. The van der Waals surface area contributed by atoms with Crippen LogP contribution in [0.4, 0.5) is 0 Å². The predicted molar refractivity (Wildman–Crippen MR) is 52.1 cm³/mol. The molecule has 0 spiro atoms. The van der Waals surface area contributed by atoms with Crippen LogP contribution in [0.5, 0.6) is 0 Å². The predicted octanol–water partition coefficient (Wildman–Crippen LogP) is 3.09. The summed E-state index contributed by atoms with van der Waals surface area (Å²) >= 11 is 0. The summed E-state index contributed by atoms with van der Waals surface area (Å²) in [4.78, 5) is 0. The highest BCUT2D eigenvalue weighted by Crippen LogP contribution is 2.35. The van der Waals surface area contributed by atoms with E-state index in [2.05, 4.69) is 34.6 Å². The molecule has 1 heteroatoms. The molecule has 0 aromatic rings. The van der Waals surface area contributed by atoms with Crippen LogP contribution in [-0.4, -0.2) is 12.2 Å². The maximum Gasteiger partial charge on any atom is 0.0604 e. The molecule has 1 aliphatic rings. The Bertz CT molecular complexity index is 139. The van der Waals surface area contributed by atoms with Gasteiger partial charge in [-0.25, -0.2) is 0 Å². The summed E-state index contributed by atoms with van der Waals surface area (Å²) in [7, 11) is 0. The molecule has 0 aromatic carbocycles. The molecule has 12 heavy (non-hydrogen) atoms. The van der Waals surface area contributed by atoms with Crippen LogP contribution >= 0.6 is 0 Å². The van der Waals surface area contributed by atoms with E-state index in [1.165, 1.54) is 0 Å². The Hall–Kier alpha value is -0.0400. The van der Waals surface area contributed by atoms with Crippen molar-refractivity contribution >= 4 is 0 Å². The number of hydrogen-bond donors (Lipinski definition) is 0. The van der Waals surface area contributed by atoms with Crippen LogP contribution in [0.25, 0.3) is 0 Å². The quantitative estimate of drug-likeness (QED) is 0.587. The zero-order valence-corrected chi connectivity index (χ0v) is 9.00. The Morgan fingerprint density at radius 1 is 0.917 bits per heavy atom. The maximum atomic E-state index is 5.93. The SMILES string of the molecule is CCC1O[C@@H](C)C(C)[C@@H](C)[C@@H]1C. The van der Waals surface area contributed by atoms with Crippen molar-refractivity contribution in [2.24, 2.45) is 17.8 Å². The molecule has 0 saturated carbocycles. The van der Waals surface area contributed by atoms with Gasteiger partial charge in [0.1, 0.15) is 0 Å².